The Kier molecular flexibility index (Phi) is 4.24. The van der Waals surface area contributed by atoms with Crippen molar-refractivity contribution in [2.45, 2.75) is 49.8 Å². The maximum atomic E-state index is 12.5. The van der Waals surface area contributed by atoms with Crippen molar-refractivity contribution in [3.63, 3.8) is 0 Å². The number of halogens is 1. The zero-order valence-corrected chi connectivity index (χ0v) is 13.5. The zero-order chi connectivity index (χ0) is 14.4. The van der Waals surface area contributed by atoms with E-state index in [4.69, 9.17) is 4.74 Å². The first-order valence-corrected chi connectivity index (χ1v) is 7.78. The van der Waals surface area contributed by atoms with E-state index in [9.17, 15) is 4.79 Å². The molecule has 0 aromatic heterocycles. The van der Waals surface area contributed by atoms with Gasteiger partial charge in [0.15, 0.2) is 0 Å². The van der Waals surface area contributed by atoms with Crippen LogP contribution in [0.1, 0.15) is 37.2 Å². The summed E-state index contributed by atoms with van der Waals surface area (Å²) in [7, 11) is 2.19. The fourth-order valence-electron chi connectivity index (χ4n) is 3.99. The summed E-state index contributed by atoms with van der Waals surface area (Å²) in [5.74, 6) is -0.462. The number of carbonyl (C=O) groups excluding carboxylic acids is 1. The Morgan fingerprint density at radius 2 is 1.91 bits per heavy atom. The SMILES string of the molecule is CN1[C@@H]2CC[C@H]1CC(OC(=O)[C@H]1C=Nc3ccccc31)C2.Cl. The second kappa shape index (κ2) is 6.01. The van der Waals surface area contributed by atoms with Gasteiger partial charge in [0.25, 0.3) is 0 Å². The molecule has 5 heteroatoms. The van der Waals surface area contributed by atoms with Crippen molar-refractivity contribution in [3.8, 4) is 0 Å². The van der Waals surface area contributed by atoms with Crippen LogP contribution in [-0.2, 0) is 9.53 Å². The molecule has 1 unspecified atom stereocenters. The van der Waals surface area contributed by atoms with Crippen LogP contribution in [0.4, 0.5) is 5.69 Å². The lowest BCUT2D eigenvalue weighted by atomic mass is 9.99. The standard InChI is InChI=1S/C17H20N2O2.ClH/c1-19-11-6-7-12(19)9-13(8-11)21-17(20)15-10-18-16-5-3-2-4-14(15)16;/h2-5,10-13,15H,6-9H2,1H3;1H/t11-,12+,13?,15-;/m0./s1. The van der Waals surface area contributed by atoms with Gasteiger partial charge in [-0.3, -0.25) is 9.79 Å². The number of nitrogens with zero attached hydrogens (tertiary/aromatic N) is 2. The van der Waals surface area contributed by atoms with Gasteiger partial charge in [-0.25, -0.2) is 0 Å². The zero-order valence-electron chi connectivity index (χ0n) is 12.6. The summed E-state index contributed by atoms with van der Waals surface area (Å²) in [4.78, 5) is 19.2. The fourth-order valence-corrected chi connectivity index (χ4v) is 3.99. The maximum Gasteiger partial charge on any atom is 0.319 e. The molecule has 0 aliphatic carbocycles. The molecule has 3 heterocycles. The van der Waals surface area contributed by atoms with E-state index in [0.29, 0.717) is 12.1 Å². The van der Waals surface area contributed by atoms with Gasteiger partial charge in [0.05, 0.1) is 5.69 Å². The monoisotopic (exact) mass is 320 g/mol. The Morgan fingerprint density at radius 1 is 1.23 bits per heavy atom. The van der Waals surface area contributed by atoms with Crippen molar-refractivity contribution < 1.29 is 9.53 Å². The van der Waals surface area contributed by atoms with Gasteiger partial charge in [0.2, 0.25) is 0 Å². The van der Waals surface area contributed by atoms with E-state index >= 15 is 0 Å². The minimum absolute atomic E-state index is 0. The lowest BCUT2D eigenvalue weighted by molar-refractivity contribution is -0.152. The number of benzene rings is 1. The van der Waals surface area contributed by atoms with E-state index in [2.05, 4.69) is 16.9 Å². The molecule has 3 aliphatic heterocycles. The van der Waals surface area contributed by atoms with Gasteiger partial charge >= 0.3 is 5.97 Å². The summed E-state index contributed by atoms with van der Waals surface area (Å²) in [6.45, 7) is 0. The summed E-state index contributed by atoms with van der Waals surface area (Å²) >= 11 is 0. The molecule has 2 fully saturated rings. The largest absolute Gasteiger partial charge is 0.462 e. The summed E-state index contributed by atoms with van der Waals surface area (Å²) in [5.41, 5.74) is 1.86. The average molecular weight is 321 g/mol. The highest BCUT2D eigenvalue weighted by molar-refractivity contribution is 6.01. The normalized spacial score (nSPS) is 32.4. The third kappa shape index (κ3) is 2.55. The van der Waals surface area contributed by atoms with E-state index in [1.807, 2.05) is 24.3 Å². The number of piperidine rings is 1. The molecule has 0 amide bonds. The van der Waals surface area contributed by atoms with Crippen LogP contribution in [0.5, 0.6) is 0 Å². The molecule has 2 saturated heterocycles. The van der Waals surface area contributed by atoms with Crippen molar-refractivity contribution in [1.82, 2.24) is 4.90 Å². The maximum absolute atomic E-state index is 12.5. The number of para-hydroxylation sites is 1. The molecule has 0 N–H and O–H groups in total. The molecular weight excluding hydrogens is 300 g/mol. The van der Waals surface area contributed by atoms with Gasteiger partial charge in [-0.2, -0.15) is 0 Å². The number of carbonyl (C=O) groups is 1. The predicted octanol–water partition coefficient (Wildman–Crippen LogP) is 3.08. The smallest absolute Gasteiger partial charge is 0.319 e. The van der Waals surface area contributed by atoms with Crippen LogP contribution in [0.15, 0.2) is 29.3 Å². The highest BCUT2D eigenvalue weighted by Crippen LogP contribution is 2.37. The van der Waals surface area contributed by atoms with E-state index in [1.54, 1.807) is 6.21 Å². The summed E-state index contributed by atoms with van der Waals surface area (Å²) in [6, 6.07) is 8.97. The van der Waals surface area contributed by atoms with Crippen LogP contribution in [0.3, 0.4) is 0 Å². The van der Waals surface area contributed by atoms with E-state index < -0.39 is 0 Å². The van der Waals surface area contributed by atoms with E-state index in [-0.39, 0.29) is 30.4 Å². The van der Waals surface area contributed by atoms with Crippen molar-refractivity contribution in [2.24, 2.45) is 4.99 Å². The Balaban J connectivity index is 0.00000144. The highest BCUT2D eigenvalue weighted by atomic mass is 35.5. The van der Waals surface area contributed by atoms with Crippen molar-refractivity contribution in [2.75, 3.05) is 7.05 Å². The molecule has 1 aromatic carbocycles. The molecule has 118 valence electrons. The Morgan fingerprint density at radius 3 is 2.64 bits per heavy atom. The minimum Gasteiger partial charge on any atom is -0.462 e. The molecule has 4 atom stereocenters. The van der Waals surface area contributed by atoms with Crippen LogP contribution in [0, 0.1) is 0 Å². The van der Waals surface area contributed by atoms with Gasteiger partial charge < -0.3 is 9.64 Å². The molecule has 22 heavy (non-hydrogen) atoms. The van der Waals surface area contributed by atoms with Crippen LogP contribution in [0.2, 0.25) is 0 Å². The number of esters is 1. The molecule has 3 aliphatic rings. The first kappa shape index (κ1) is 15.5. The van der Waals surface area contributed by atoms with Gasteiger partial charge in [0, 0.05) is 18.3 Å². The van der Waals surface area contributed by atoms with Gasteiger partial charge in [-0.05, 0) is 44.4 Å². The topological polar surface area (TPSA) is 41.9 Å². The number of fused-ring (bicyclic) bond motifs is 3. The summed E-state index contributed by atoms with van der Waals surface area (Å²) in [6.07, 6.45) is 6.23. The molecular formula is C17H21ClN2O2. The third-order valence-corrected chi connectivity index (χ3v) is 5.23. The molecule has 0 radical (unpaired) electrons. The van der Waals surface area contributed by atoms with Crippen molar-refractivity contribution >= 4 is 30.3 Å². The van der Waals surface area contributed by atoms with Crippen LogP contribution >= 0.6 is 12.4 Å². The number of hydrogen-bond donors (Lipinski definition) is 0. The minimum atomic E-state index is -0.321. The quantitative estimate of drug-likeness (QED) is 0.786. The molecule has 2 bridgehead atoms. The van der Waals surface area contributed by atoms with Crippen LogP contribution < -0.4 is 0 Å². The van der Waals surface area contributed by atoms with Gasteiger partial charge in [0.1, 0.15) is 12.0 Å². The lowest BCUT2D eigenvalue weighted by Crippen LogP contribution is -2.43. The first-order chi connectivity index (χ1) is 10.2. The second-order valence-electron chi connectivity index (χ2n) is 6.40. The molecule has 1 aromatic rings. The Hall–Kier alpha value is -1.39. The number of aliphatic imine (C=N–C) groups is 1. The summed E-state index contributed by atoms with van der Waals surface area (Å²) in [5, 5.41) is 0. The van der Waals surface area contributed by atoms with Crippen LogP contribution in [-0.4, -0.2) is 42.3 Å². The molecule has 0 saturated carbocycles. The van der Waals surface area contributed by atoms with Gasteiger partial charge in [-0.15, -0.1) is 12.4 Å². The van der Waals surface area contributed by atoms with E-state index in [0.717, 1.165) is 24.1 Å². The Labute approximate surface area is 137 Å². The second-order valence-corrected chi connectivity index (χ2v) is 6.40. The number of ether oxygens (including phenoxy) is 1. The van der Waals surface area contributed by atoms with Crippen molar-refractivity contribution in [3.05, 3.63) is 29.8 Å². The molecule has 4 rings (SSSR count). The number of hydrogen-bond acceptors (Lipinski definition) is 4. The summed E-state index contributed by atoms with van der Waals surface area (Å²) < 4.78 is 5.80. The Bertz CT molecular complexity index is 590. The van der Waals surface area contributed by atoms with E-state index in [1.165, 1.54) is 12.8 Å². The van der Waals surface area contributed by atoms with Crippen LogP contribution in [0.25, 0.3) is 0 Å². The van der Waals surface area contributed by atoms with Gasteiger partial charge in [-0.1, -0.05) is 18.2 Å². The van der Waals surface area contributed by atoms with Crippen molar-refractivity contribution in [1.29, 1.82) is 0 Å². The molecule has 0 spiro atoms. The number of rotatable bonds is 2. The first-order valence-electron chi connectivity index (χ1n) is 7.78. The predicted molar refractivity (Wildman–Crippen MR) is 88.3 cm³/mol. The average Bonchev–Trinajstić information content (AvgIpc) is 2.98. The molecule has 4 nitrogen and oxygen atoms in total. The fraction of sp³-hybridized carbons (Fsp3) is 0.529. The third-order valence-electron chi connectivity index (χ3n) is 5.23. The highest BCUT2D eigenvalue weighted by Gasteiger charge is 2.40. The lowest BCUT2D eigenvalue weighted by Gasteiger charge is -2.36.